The maximum absolute atomic E-state index is 12.5. The zero-order chi connectivity index (χ0) is 14.4. The minimum atomic E-state index is -0.0620. The number of furan rings is 1. The highest BCUT2D eigenvalue weighted by atomic mass is 79.9. The lowest BCUT2D eigenvalue weighted by Gasteiger charge is -2.20. The van der Waals surface area contributed by atoms with Crippen LogP contribution in [0.5, 0.6) is 0 Å². The van der Waals surface area contributed by atoms with E-state index in [0.717, 1.165) is 23.1 Å². The molecule has 0 aliphatic heterocycles. The van der Waals surface area contributed by atoms with Crippen molar-refractivity contribution in [2.24, 2.45) is 0 Å². The van der Waals surface area contributed by atoms with Crippen molar-refractivity contribution in [1.29, 1.82) is 0 Å². The van der Waals surface area contributed by atoms with Gasteiger partial charge in [-0.15, -0.1) is 0 Å². The van der Waals surface area contributed by atoms with Crippen molar-refractivity contribution in [2.75, 3.05) is 11.9 Å². The molecule has 0 saturated carbocycles. The van der Waals surface area contributed by atoms with Gasteiger partial charge >= 0.3 is 0 Å². The van der Waals surface area contributed by atoms with Crippen molar-refractivity contribution in [2.45, 2.75) is 19.9 Å². The average molecular weight is 336 g/mol. The van der Waals surface area contributed by atoms with Gasteiger partial charge in [-0.1, -0.05) is 53.2 Å². The summed E-state index contributed by atoms with van der Waals surface area (Å²) in [5, 5.41) is 0.743. The highest BCUT2D eigenvalue weighted by Crippen LogP contribution is 2.14. The molecule has 1 aromatic heterocycles. The van der Waals surface area contributed by atoms with Crippen molar-refractivity contribution in [3.8, 4) is 0 Å². The van der Waals surface area contributed by atoms with E-state index in [1.54, 1.807) is 11.0 Å². The summed E-state index contributed by atoms with van der Waals surface area (Å²) in [5.41, 5.74) is 1.11. The summed E-state index contributed by atoms with van der Waals surface area (Å²) in [4.78, 5) is 14.3. The lowest BCUT2D eigenvalue weighted by Crippen LogP contribution is -2.32. The summed E-state index contributed by atoms with van der Waals surface area (Å²) in [6.07, 6.45) is 0.796. The fourth-order valence-corrected chi connectivity index (χ4v) is 2.43. The van der Waals surface area contributed by atoms with Crippen LogP contribution >= 0.6 is 15.9 Å². The summed E-state index contributed by atoms with van der Waals surface area (Å²) < 4.78 is 5.55. The molecule has 1 amide bonds. The van der Waals surface area contributed by atoms with Crippen LogP contribution in [0.15, 0.2) is 46.9 Å². The van der Waals surface area contributed by atoms with Gasteiger partial charge in [-0.2, -0.15) is 0 Å². The zero-order valence-corrected chi connectivity index (χ0v) is 13.1. The molecule has 0 unspecified atom stereocenters. The van der Waals surface area contributed by atoms with E-state index >= 15 is 0 Å². The third kappa shape index (κ3) is 3.73. The van der Waals surface area contributed by atoms with Crippen molar-refractivity contribution in [1.82, 2.24) is 4.90 Å². The van der Waals surface area contributed by atoms with E-state index in [0.29, 0.717) is 18.8 Å². The van der Waals surface area contributed by atoms with Crippen molar-refractivity contribution in [3.05, 3.63) is 59.5 Å². The number of hydrogen-bond donors (Lipinski definition) is 0. The predicted octanol–water partition coefficient (Wildman–Crippen LogP) is 3.88. The molecule has 4 heteroatoms. The normalized spacial score (nSPS) is 10.5. The second-order valence-electron chi connectivity index (χ2n) is 4.52. The van der Waals surface area contributed by atoms with Gasteiger partial charge in [-0.25, -0.2) is 0 Å². The molecule has 0 saturated heterocycles. The first kappa shape index (κ1) is 14.9. The van der Waals surface area contributed by atoms with Crippen LogP contribution in [-0.2, 0) is 13.0 Å². The first-order chi connectivity index (χ1) is 9.74. The second kappa shape index (κ2) is 7.29. The maximum atomic E-state index is 12.5. The first-order valence-electron chi connectivity index (χ1n) is 6.72. The highest BCUT2D eigenvalue weighted by Gasteiger charge is 2.18. The Morgan fingerprint density at radius 2 is 1.95 bits per heavy atom. The molecule has 1 heterocycles. The monoisotopic (exact) mass is 335 g/mol. The van der Waals surface area contributed by atoms with Crippen LogP contribution in [0.4, 0.5) is 0 Å². The lowest BCUT2D eigenvalue weighted by molar-refractivity contribution is 0.0721. The van der Waals surface area contributed by atoms with Crippen LogP contribution in [-0.4, -0.2) is 22.7 Å². The van der Waals surface area contributed by atoms with Gasteiger partial charge in [0.1, 0.15) is 5.76 Å². The number of amides is 1. The Hall–Kier alpha value is -1.55. The molecule has 0 atom stereocenters. The highest BCUT2D eigenvalue weighted by molar-refractivity contribution is 9.09. The molecule has 0 bridgehead atoms. The molecule has 20 heavy (non-hydrogen) atoms. The van der Waals surface area contributed by atoms with E-state index in [1.807, 2.05) is 43.3 Å². The van der Waals surface area contributed by atoms with Gasteiger partial charge in [0.25, 0.3) is 5.91 Å². The molecule has 0 aliphatic rings. The van der Waals surface area contributed by atoms with Crippen LogP contribution < -0.4 is 0 Å². The molecule has 2 aromatic rings. The Labute approximate surface area is 127 Å². The van der Waals surface area contributed by atoms with Crippen molar-refractivity contribution >= 4 is 21.8 Å². The molecule has 0 fully saturated rings. The minimum Gasteiger partial charge on any atom is -0.456 e. The largest absolute Gasteiger partial charge is 0.456 e. The van der Waals surface area contributed by atoms with Gasteiger partial charge in [0.05, 0.1) is 0 Å². The quantitative estimate of drug-likeness (QED) is 0.750. The molecule has 106 valence electrons. The summed E-state index contributed by atoms with van der Waals surface area (Å²) in [6, 6.07) is 13.6. The smallest absolute Gasteiger partial charge is 0.289 e. The van der Waals surface area contributed by atoms with Gasteiger partial charge in [-0.3, -0.25) is 4.79 Å². The maximum Gasteiger partial charge on any atom is 0.289 e. The van der Waals surface area contributed by atoms with Gasteiger partial charge in [-0.05, 0) is 17.7 Å². The molecule has 0 aliphatic carbocycles. The molecular weight excluding hydrogens is 318 g/mol. The molecule has 3 nitrogen and oxygen atoms in total. The first-order valence-corrected chi connectivity index (χ1v) is 7.84. The number of carbonyl (C=O) groups excluding carboxylic acids is 1. The Morgan fingerprint density at radius 1 is 1.20 bits per heavy atom. The van der Waals surface area contributed by atoms with Crippen LogP contribution in [0.25, 0.3) is 0 Å². The third-order valence-corrected chi connectivity index (χ3v) is 3.43. The number of aryl methyl sites for hydroxylation is 1. The van der Waals surface area contributed by atoms with Crippen LogP contribution in [0, 0.1) is 0 Å². The second-order valence-corrected chi connectivity index (χ2v) is 5.31. The molecule has 2 rings (SSSR count). The van der Waals surface area contributed by atoms with Crippen molar-refractivity contribution < 1.29 is 9.21 Å². The lowest BCUT2D eigenvalue weighted by atomic mass is 10.2. The van der Waals surface area contributed by atoms with E-state index in [-0.39, 0.29) is 5.91 Å². The molecule has 0 N–H and O–H groups in total. The van der Waals surface area contributed by atoms with E-state index in [2.05, 4.69) is 15.9 Å². The predicted molar refractivity (Wildman–Crippen MR) is 83.1 cm³/mol. The van der Waals surface area contributed by atoms with Gasteiger partial charge < -0.3 is 9.32 Å². The Balaban J connectivity index is 2.13. The third-order valence-electron chi connectivity index (χ3n) is 3.08. The standard InChI is InChI=1S/C16H18BrNO2/c1-2-14-8-9-15(20-14)16(19)18(11-10-17)12-13-6-4-3-5-7-13/h3-9H,2,10-12H2,1H3. The van der Waals surface area contributed by atoms with Gasteiger partial charge in [0, 0.05) is 24.8 Å². The number of rotatable bonds is 6. The number of alkyl halides is 1. The summed E-state index contributed by atoms with van der Waals surface area (Å²) in [7, 11) is 0. The fourth-order valence-electron chi connectivity index (χ4n) is 2.00. The summed E-state index contributed by atoms with van der Waals surface area (Å²) in [6.45, 7) is 3.25. The molecule has 0 spiro atoms. The SMILES string of the molecule is CCc1ccc(C(=O)N(CCBr)Cc2ccccc2)o1. The van der Waals surface area contributed by atoms with E-state index in [9.17, 15) is 4.79 Å². The van der Waals surface area contributed by atoms with Crippen molar-refractivity contribution in [3.63, 3.8) is 0 Å². The molecular formula is C16H18BrNO2. The topological polar surface area (TPSA) is 33.5 Å². The van der Waals surface area contributed by atoms with E-state index in [1.165, 1.54) is 0 Å². The number of carbonyl (C=O) groups is 1. The summed E-state index contributed by atoms with van der Waals surface area (Å²) >= 11 is 3.40. The number of nitrogens with zero attached hydrogens (tertiary/aromatic N) is 1. The Morgan fingerprint density at radius 3 is 2.55 bits per heavy atom. The Bertz CT molecular complexity index is 551. The van der Waals surface area contributed by atoms with Crippen LogP contribution in [0.1, 0.15) is 28.8 Å². The molecule has 0 radical (unpaired) electrons. The van der Waals surface area contributed by atoms with Gasteiger partial charge in [0.15, 0.2) is 5.76 Å². The van der Waals surface area contributed by atoms with Crippen LogP contribution in [0.2, 0.25) is 0 Å². The number of benzene rings is 1. The fraction of sp³-hybridized carbons (Fsp3) is 0.312. The van der Waals surface area contributed by atoms with Gasteiger partial charge in [0.2, 0.25) is 0 Å². The summed E-state index contributed by atoms with van der Waals surface area (Å²) in [5.74, 6) is 1.19. The Kier molecular flexibility index (Phi) is 5.41. The average Bonchev–Trinajstić information content (AvgIpc) is 2.96. The zero-order valence-electron chi connectivity index (χ0n) is 11.5. The van der Waals surface area contributed by atoms with E-state index in [4.69, 9.17) is 4.42 Å². The molecule has 1 aromatic carbocycles. The minimum absolute atomic E-state index is 0.0620. The van der Waals surface area contributed by atoms with E-state index < -0.39 is 0 Å². The number of halogens is 1. The number of hydrogen-bond acceptors (Lipinski definition) is 2. The van der Waals surface area contributed by atoms with Crippen LogP contribution in [0.3, 0.4) is 0 Å².